The highest BCUT2D eigenvalue weighted by Gasteiger charge is 2.03. The number of carbonyl (C=O) groups excluding carboxylic acids is 1. The second-order valence-corrected chi connectivity index (χ2v) is 3.83. The highest BCUT2D eigenvalue weighted by molar-refractivity contribution is 7.89. The van der Waals surface area contributed by atoms with Crippen LogP contribution in [0.2, 0.25) is 0 Å². The summed E-state index contributed by atoms with van der Waals surface area (Å²) in [7, 11) is -3.50. The van der Waals surface area contributed by atoms with Crippen LogP contribution in [-0.2, 0) is 14.8 Å². The Kier molecular flexibility index (Phi) is 4.33. The molecule has 0 radical (unpaired) electrons. The van der Waals surface area contributed by atoms with Crippen LogP contribution in [0.25, 0.3) is 0 Å². The fourth-order valence-corrected chi connectivity index (χ4v) is 0.874. The molecule has 0 saturated heterocycles. The van der Waals surface area contributed by atoms with Crippen LogP contribution in [0.4, 0.5) is 0 Å². The normalized spacial score (nSPS) is 10.3. The van der Waals surface area contributed by atoms with Gasteiger partial charge in [-0.2, -0.15) is 0 Å². The number of hydrogen-bond acceptors (Lipinski definition) is 3. The maximum Gasteiger partial charge on any atom is 0.232 e. The number of primary sulfonamides is 1. The molecular weight excluding hydrogens is 180 g/mol. The molecule has 0 aliphatic rings. The first-order valence-electron chi connectivity index (χ1n) is 3.16. The molecule has 0 aliphatic carbocycles. The molecule has 0 spiro atoms. The maximum atomic E-state index is 10.6. The van der Waals surface area contributed by atoms with E-state index in [1.807, 2.05) is 0 Å². The molecule has 0 bridgehead atoms. The topological polar surface area (TPSA) is 89.3 Å². The van der Waals surface area contributed by atoms with Gasteiger partial charge < -0.3 is 5.32 Å². The molecule has 0 aromatic rings. The van der Waals surface area contributed by atoms with Crippen LogP contribution in [0.15, 0.2) is 0 Å². The molecular formula is C6H10N2O3S. The lowest BCUT2D eigenvalue weighted by Gasteiger charge is -2.00. The monoisotopic (exact) mass is 190 g/mol. The Bertz CT molecular complexity index is 288. The molecule has 68 valence electrons. The van der Waals surface area contributed by atoms with Crippen molar-refractivity contribution in [3.8, 4) is 12.3 Å². The first-order valence-corrected chi connectivity index (χ1v) is 4.88. The quantitative estimate of drug-likeness (QED) is 0.524. The van der Waals surface area contributed by atoms with Crippen molar-refractivity contribution in [1.82, 2.24) is 5.32 Å². The highest BCUT2D eigenvalue weighted by Crippen LogP contribution is 1.77. The smallest absolute Gasteiger partial charge is 0.232 e. The molecule has 0 saturated carbocycles. The van der Waals surface area contributed by atoms with Crippen LogP contribution >= 0.6 is 0 Å². The number of amides is 1. The largest absolute Gasteiger partial charge is 0.354 e. The van der Waals surface area contributed by atoms with Crippen molar-refractivity contribution in [3.05, 3.63) is 0 Å². The lowest BCUT2D eigenvalue weighted by Crippen LogP contribution is -2.31. The number of nitrogens with two attached hydrogens (primary N) is 1. The van der Waals surface area contributed by atoms with Crippen LogP contribution in [0, 0.1) is 12.3 Å². The van der Waals surface area contributed by atoms with Gasteiger partial charge in [0.2, 0.25) is 15.9 Å². The van der Waals surface area contributed by atoms with Gasteiger partial charge in [0.25, 0.3) is 0 Å². The third kappa shape index (κ3) is 7.05. The van der Waals surface area contributed by atoms with Crippen LogP contribution in [-0.4, -0.2) is 26.6 Å². The van der Waals surface area contributed by atoms with E-state index in [-0.39, 0.29) is 24.6 Å². The molecule has 12 heavy (non-hydrogen) atoms. The van der Waals surface area contributed by atoms with Gasteiger partial charge in [-0.15, -0.1) is 6.42 Å². The summed E-state index contributed by atoms with van der Waals surface area (Å²) in [6, 6.07) is 0. The minimum absolute atomic E-state index is 0.000648. The summed E-state index contributed by atoms with van der Waals surface area (Å²) in [6.45, 7) is -0.000648. The van der Waals surface area contributed by atoms with E-state index in [2.05, 4.69) is 16.4 Å². The fourth-order valence-electron chi connectivity index (χ4n) is 0.488. The standard InChI is InChI=1S/C6H10N2O3S/c1-2-3-6(9)8-4-5-12(7,10)11/h1H,3-5H2,(H,8,9)(H2,7,10,11). The number of carbonyl (C=O) groups is 1. The minimum atomic E-state index is -3.50. The second kappa shape index (κ2) is 4.74. The molecule has 0 aliphatic heterocycles. The molecule has 0 unspecified atom stereocenters. The molecule has 0 rings (SSSR count). The summed E-state index contributed by atoms with van der Waals surface area (Å²) < 4.78 is 20.7. The molecule has 1 amide bonds. The Morgan fingerprint density at radius 1 is 1.58 bits per heavy atom. The predicted molar refractivity (Wildman–Crippen MR) is 44.4 cm³/mol. The summed E-state index contributed by atoms with van der Waals surface area (Å²) in [6.07, 6.45) is 4.78. The number of terminal acetylenes is 1. The third-order valence-corrected chi connectivity index (χ3v) is 1.74. The second-order valence-electron chi connectivity index (χ2n) is 2.10. The van der Waals surface area contributed by atoms with Gasteiger partial charge in [-0.25, -0.2) is 13.6 Å². The SMILES string of the molecule is C#CCC(=O)NCCS(N)(=O)=O. The first-order chi connectivity index (χ1) is 5.45. The van der Waals surface area contributed by atoms with Crippen molar-refractivity contribution in [3.63, 3.8) is 0 Å². The molecule has 6 heteroatoms. The van der Waals surface area contributed by atoms with Crippen molar-refractivity contribution in [2.45, 2.75) is 6.42 Å². The van der Waals surface area contributed by atoms with Crippen molar-refractivity contribution in [2.75, 3.05) is 12.3 Å². The molecule has 0 atom stereocenters. The van der Waals surface area contributed by atoms with Gasteiger partial charge in [0.05, 0.1) is 12.2 Å². The summed E-state index contributed by atoms with van der Waals surface area (Å²) in [4.78, 5) is 10.6. The average Bonchev–Trinajstić information content (AvgIpc) is 1.84. The number of nitrogens with one attached hydrogen (secondary N) is 1. The molecule has 0 fully saturated rings. The highest BCUT2D eigenvalue weighted by atomic mass is 32.2. The van der Waals surface area contributed by atoms with Gasteiger partial charge in [0.15, 0.2) is 0 Å². The zero-order valence-electron chi connectivity index (χ0n) is 6.41. The van der Waals surface area contributed by atoms with Crippen LogP contribution in [0.5, 0.6) is 0 Å². The zero-order valence-corrected chi connectivity index (χ0v) is 7.23. The Balaban J connectivity index is 3.59. The molecule has 3 N–H and O–H groups in total. The molecule has 0 aromatic heterocycles. The third-order valence-electron chi connectivity index (χ3n) is 0.971. The predicted octanol–water partition coefficient (Wildman–Crippen LogP) is -1.59. The van der Waals surface area contributed by atoms with E-state index in [1.54, 1.807) is 0 Å². The van der Waals surface area contributed by atoms with Gasteiger partial charge in [-0.05, 0) is 0 Å². The molecule has 0 aromatic carbocycles. The van der Waals surface area contributed by atoms with E-state index in [9.17, 15) is 13.2 Å². The van der Waals surface area contributed by atoms with E-state index in [0.717, 1.165) is 0 Å². The Morgan fingerprint density at radius 2 is 2.17 bits per heavy atom. The van der Waals surface area contributed by atoms with Crippen LogP contribution in [0.1, 0.15) is 6.42 Å². The van der Waals surface area contributed by atoms with E-state index in [0.29, 0.717) is 0 Å². The van der Waals surface area contributed by atoms with Gasteiger partial charge >= 0.3 is 0 Å². The van der Waals surface area contributed by atoms with Gasteiger partial charge in [0.1, 0.15) is 0 Å². The van der Waals surface area contributed by atoms with Crippen LogP contribution in [0.3, 0.4) is 0 Å². The molecule has 0 heterocycles. The van der Waals surface area contributed by atoms with Crippen LogP contribution < -0.4 is 10.5 Å². The lowest BCUT2D eigenvalue weighted by molar-refractivity contribution is -0.119. The average molecular weight is 190 g/mol. The fraction of sp³-hybridized carbons (Fsp3) is 0.500. The van der Waals surface area contributed by atoms with E-state index >= 15 is 0 Å². The Labute approximate surface area is 71.4 Å². The zero-order chi connectivity index (χ0) is 9.61. The first kappa shape index (κ1) is 10.9. The van der Waals surface area contributed by atoms with E-state index < -0.39 is 10.0 Å². The van der Waals surface area contributed by atoms with Gasteiger partial charge in [-0.3, -0.25) is 4.79 Å². The van der Waals surface area contributed by atoms with Crippen molar-refractivity contribution >= 4 is 15.9 Å². The van der Waals surface area contributed by atoms with E-state index in [4.69, 9.17) is 6.42 Å². The minimum Gasteiger partial charge on any atom is -0.354 e. The Hall–Kier alpha value is -1.06. The number of hydrogen-bond donors (Lipinski definition) is 2. The number of rotatable bonds is 4. The van der Waals surface area contributed by atoms with Crippen molar-refractivity contribution in [2.24, 2.45) is 5.14 Å². The van der Waals surface area contributed by atoms with Crippen molar-refractivity contribution in [1.29, 1.82) is 0 Å². The number of sulfonamides is 1. The summed E-state index contributed by atoms with van der Waals surface area (Å²) in [5.41, 5.74) is 0. The maximum absolute atomic E-state index is 10.6. The van der Waals surface area contributed by atoms with E-state index in [1.165, 1.54) is 0 Å². The summed E-state index contributed by atoms with van der Waals surface area (Å²) in [5.74, 6) is 1.47. The van der Waals surface area contributed by atoms with Gasteiger partial charge in [-0.1, -0.05) is 5.92 Å². The van der Waals surface area contributed by atoms with Gasteiger partial charge in [0, 0.05) is 6.54 Å². The lowest BCUT2D eigenvalue weighted by atomic mass is 10.4. The summed E-state index contributed by atoms with van der Waals surface area (Å²) in [5, 5.41) is 6.98. The Morgan fingerprint density at radius 3 is 2.58 bits per heavy atom. The molecule has 5 nitrogen and oxygen atoms in total. The van der Waals surface area contributed by atoms with Crippen molar-refractivity contribution < 1.29 is 13.2 Å². The summed E-state index contributed by atoms with van der Waals surface area (Å²) >= 11 is 0.